The molecule has 0 aromatic heterocycles. The van der Waals surface area contributed by atoms with Gasteiger partial charge in [0.25, 0.3) is 0 Å². The van der Waals surface area contributed by atoms with E-state index in [1.807, 2.05) is 0 Å². The molecule has 1 saturated heterocycles. The third-order valence-electron chi connectivity index (χ3n) is 2.72. The lowest BCUT2D eigenvalue weighted by molar-refractivity contribution is 0.183. The van der Waals surface area contributed by atoms with Crippen molar-refractivity contribution in [3.63, 3.8) is 0 Å². The third kappa shape index (κ3) is 2.63. The van der Waals surface area contributed by atoms with E-state index in [1.165, 1.54) is 45.2 Å². The standard InChI is InChI=1S/C11H21N/c1-3-8-11(4-2)12-9-6-5-7-10-12/h4,11H,2-3,5-10H2,1H3. The van der Waals surface area contributed by atoms with Gasteiger partial charge in [-0.25, -0.2) is 0 Å². The van der Waals surface area contributed by atoms with Gasteiger partial charge in [-0.1, -0.05) is 25.8 Å². The van der Waals surface area contributed by atoms with Gasteiger partial charge in [-0.15, -0.1) is 6.58 Å². The second-order valence-corrected chi connectivity index (χ2v) is 3.69. The fourth-order valence-corrected chi connectivity index (χ4v) is 2.00. The van der Waals surface area contributed by atoms with Crippen molar-refractivity contribution < 1.29 is 0 Å². The van der Waals surface area contributed by atoms with E-state index in [0.29, 0.717) is 6.04 Å². The molecule has 1 atom stereocenters. The van der Waals surface area contributed by atoms with Crippen molar-refractivity contribution in [2.24, 2.45) is 0 Å². The van der Waals surface area contributed by atoms with E-state index in [-0.39, 0.29) is 0 Å². The summed E-state index contributed by atoms with van der Waals surface area (Å²) < 4.78 is 0. The first-order valence-corrected chi connectivity index (χ1v) is 5.25. The quantitative estimate of drug-likeness (QED) is 0.582. The average Bonchev–Trinajstić information content (AvgIpc) is 2.15. The van der Waals surface area contributed by atoms with Gasteiger partial charge in [0, 0.05) is 6.04 Å². The van der Waals surface area contributed by atoms with Crippen molar-refractivity contribution >= 4 is 0 Å². The van der Waals surface area contributed by atoms with Gasteiger partial charge in [0.1, 0.15) is 0 Å². The highest BCUT2D eigenvalue weighted by Gasteiger charge is 2.16. The molecule has 0 aromatic carbocycles. The molecule has 1 rings (SSSR count). The SMILES string of the molecule is C=CC(CCC)N1CCCCC1. The second-order valence-electron chi connectivity index (χ2n) is 3.69. The van der Waals surface area contributed by atoms with E-state index in [0.717, 1.165) is 0 Å². The van der Waals surface area contributed by atoms with Crippen LogP contribution < -0.4 is 0 Å². The van der Waals surface area contributed by atoms with Crippen LogP contribution in [0.4, 0.5) is 0 Å². The largest absolute Gasteiger partial charge is 0.297 e. The van der Waals surface area contributed by atoms with Gasteiger partial charge < -0.3 is 0 Å². The topological polar surface area (TPSA) is 3.24 Å². The van der Waals surface area contributed by atoms with Crippen LogP contribution in [0.2, 0.25) is 0 Å². The molecule has 0 spiro atoms. The Hall–Kier alpha value is -0.300. The number of rotatable bonds is 4. The normalized spacial score (nSPS) is 22.1. The Kier molecular flexibility index (Phi) is 4.37. The van der Waals surface area contributed by atoms with E-state index in [9.17, 15) is 0 Å². The van der Waals surface area contributed by atoms with Gasteiger partial charge in [0.2, 0.25) is 0 Å². The monoisotopic (exact) mass is 167 g/mol. The fraction of sp³-hybridized carbons (Fsp3) is 0.818. The molecular weight excluding hydrogens is 146 g/mol. The zero-order chi connectivity index (χ0) is 8.81. The summed E-state index contributed by atoms with van der Waals surface area (Å²) >= 11 is 0. The third-order valence-corrected chi connectivity index (χ3v) is 2.72. The van der Waals surface area contributed by atoms with Crippen molar-refractivity contribution in [3.8, 4) is 0 Å². The first kappa shape index (κ1) is 9.79. The van der Waals surface area contributed by atoms with Crippen LogP contribution in [0.15, 0.2) is 12.7 Å². The van der Waals surface area contributed by atoms with Crippen LogP contribution in [0.3, 0.4) is 0 Å². The molecule has 0 bridgehead atoms. The lowest BCUT2D eigenvalue weighted by Gasteiger charge is -2.32. The number of piperidine rings is 1. The summed E-state index contributed by atoms with van der Waals surface area (Å²) in [5.74, 6) is 0. The molecule has 1 unspecified atom stereocenters. The van der Waals surface area contributed by atoms with Crippen LogP contribution >= 0.6 is 0 Å². The average molecular weight is 167 g/mol. The van der Waals surface area contributed by atoms with Gasteiger partial charge >= 0.3 is 0 Å². The number of nitrogens with zero attached hydrogens (tertiary/aromatic N) is 1. The second kappa shape index (κ2) is 5.36. The van der Waals surface area contributed by atoms with Crippen LogP contribution in [0.25, 0.3) is 0 Å². The molecule has 0 radical (unpaired) electrons. The first-order chi connectivity index (χ1) is 5.88. The summed E-state index contributed by atoms with van der Waals surface area (Å²) in [7, 11) is 0. The number of hydrogen-bond donors (Lipinski definition) is 0. The van der Waals surface area contributed by atoms with Crippen molar-refractivity contribution in [2.75, 3.05) is 13.1 Å². The zero-order valence-electron chi connectivity index (χ0n) is 8.26. The van der Waals surface area contributed by atoms with E-state index >= 15 is 0 Å². The predicted molar refractivity (Wildman–Crippen MR) is 54.3 cm³/mol. The van der Waals surface area contributed by atoms with E-state index < -0.39 is 0 Å². The highest BCUT2D eigenvalue weighted by atomic mass is 15.2. The minimum atomic E-state index is 0.648. The van der Waals surface area contributed by atoms with Gasteiger partial charge in [0.05, 0.1) is 0 Å². The van der Waals surface area contributed by atoms with Gasteiger partial charge in [0.15, 0.2) is 0 Å². The highest BCUT2D eigenvalue weighted by molar-refractivity contribution is 4.88. The molecule has 1 aliphatic rings. The Morgan fingerprint density at radius 1 is 1.33 bits per heavy atom. The van der Waals surface area contributed by atoms with Crippen LogP contribution in [0, 0.1) is 0 Å². The lowest BCUT2D eigenvalue weighted by atomic mass is 10.1. The van der Waals surface area contributed by atoms with Gasteiger partial charge in [-0.2, -0.15) is 0 Å². The van der Waals surface area contributed by atoms with Gasteiger partial charge in [-0.05, 0) is 32.4 Å². The molecule has 0 saturated carbocycles. The summed E-state index contributed by atoms with van der Waals surface area (Å²) in [6.07, 6.45) is 8.86. The predicted octanol–water partition coefficient (Wildman–Crippen LogP) is 2.83. The smallest absolute Gasteiger partial charge is 0.0275 e. The molecule has 0 aromatic rings. The number of hydrogen-bond acceptors (Lipinski definition) is 1. The Morgan fingerprint density at radius 2 is 2.00 bits per heavy atom. The van der Waals surface area contributed by atoms with Crippen LogP contribution in [-0.4, -0.2) is 24.0 Å². The maximum Gasteiger partial charge on any atom is 0.0275 e. The van der Waals surface area contributed by atoms with Crippen molar-refractivity contribution in [1.82, 2.24) is 4.90 Å². The molecule has 1 nitrogen and oxygen atoms in total. The van der Waals surface area contributed by atoms with E-state index in [1.54, 1.807) is 0 Å². The van der Waals surface area contributed by atoms with Gasteiger partial charge in [-0.3, -0.25) is 4.90 Å². The first-order valence-electron chi connectivity index (χ1n) is 5.25. The molecule has 70 valence electrons. The highest BCUT2D eigenvalue weighted by Crippen LogP contribution is 2.15. The molecule has 12 heavy (non-hydrogen) atoms. The summed E-state index contributed by atoms with van der Waals surface area (Å²) in [4.78, 5) is 2.58. The summed E-state index contributed by atoms with van der Waals surface area (Å²) in [5, 5.41) is 0. The molecule has 1 heterocycles. The molecule has 0 amide bonds. The molecular formula is C11H21N. The Morgan fingerprint density at radius 3 is 2.50 bits per heavy atom. The number of likely N-dealkylation sites (tertiary alicyclic amines) is 1. The molecule has 1 fully saturated rings. The summed E-state index contributed by atoms with van der Waals surface area (Å²) in [6, 6.07) is 0.648. The lowest BCUT2D eigenvalue weighted by Crippen LogP contribution is -2.37. The fourth-order valence-electron chi connectivity index (χ4n) is 2.00. The molecule has 1 heteroatoms. The minimum absolute atomic E-state index is 0.648. The van der Waals surface area contributed by atoms with Crippen LogP contribution in [0.5, 0.6) is 0 Å². The summed E-state index contributed by atoms with van der Waals surface area (Å²) in [5.41, 5.74) is 0. The minimum Gasteiger partial charge on any atom is -0.297 e. The van der Waals surface area contributed by atoms with E-state index in [2.05, 4.69) is 24.5 Å². The Labute approximate surface area is 76.5 Å². The maximum atomic E-state index is 3.91. The Balaban J connectivity index is 2.34. The van der Waals surface area contributed by atoms with Crippen molar-refractivity contribution in [3.05, 3.63) is 12.7 Å². The Bertz CT molecular complexity index is 125. The molecule has 0 N–H and O–H groups in total. The van der Waals surface area contributed by atoms with Crippen LogP contribution in [-0.2, 0) is 0 Å². The summed E-state index contributed by atoms with van der Waals surface area (Å²) in [6.45, 7) is 8.74. The molecule has 1 aliphatic heterocycles. The molecule has 0 aliphatic carbocycles. The zero-order valence-corrected chi connectivity index (χ0v) is 8.26. The van der Waals surface area contributed by atoms with E-state index in [4.69, 9.17) is 0 Å². The maximum absolute atomic E-state index is 3.91. The van der Waals surface area contributed by atoms with Crippen LogP contribution in [0.1, 0.15) is 39.0 Å². The van der Waals surface area contributed by atoms with Crippen molar-refractivity contribution in [1.29, 1.82) is 0 Å². The van der Waals surface area contributed by atoms with Crippen molar-refractivity contribution in [2.45, 2.75) is 45.1 Å².